The second-order valence-electron chi connectivity index (χ2n) is 4.82. The quantitative estimate of drug-likeness (QED) is 0.766. The highest BCUT2D eigenvalue weighted by atomic mass is 79.9. The number of halogens is 1. The predicted octanol–water partition coefficient (Wildman–Crippen LogP) is 3.02. The van der Waals surface area contributed by atoms with E-state index in [1.807, 2.05) is 19.1 Å². The number of anilines is 1. The summed E-state index contributed by atoms with van der Waals surface area (Å²) in [5.74, 6) is -0.475. The van der Waals surface area contributed by atoms with Crippen molar-refractivity contribution >= 4 is 33.2 Å². The second kappa shape index (κ2) is 5.73. The van der Waals surface area contributed by atoms with Crippen molar-refractivity contribution in [2.24, 2.45) is 0 Å². The Bertz CT molecular complexity index is 934. The van der Waals surface area contributed by atoms with E-state index in [4.69, 9.17) is 0 Å². The Labute approximate surface area is 134 Å². The van der Waals surface area contributed by atoms with Crippen LogP contribution in [0.3, 0.4) is 0 Å². The number of hydrogen-bond acceptors (Lipinski definition) is 3. The molecule has 2 heterocycles. The molecule has 1 aromatic carbocycles. The number of rotatable bonds is 2. The summed E-state index contributed by atoms with van der Waals surface area (Å²) >= 11 is 3.40. The highest BCUT2D eigenvalue weighted by Crippen LogP contribution is 2.20. The summed E-state index contributed by atoms with van der Waals surface area (Å²) in [4.78, 5) is 28.8. The molecule has 0 saturated heterocycles. The molecule has 3 rings (SSSR count). The van der Waals surface area contributed by atoms with Crippen molar-refractivity contribution in [3.63, 3.8) is 0 Å². The van der Waals surface area contributed by atoms with E-state index in [1.54, 1.807) is 30.5 Å². The Morgan fingerprint density at radius 3 is 2.86 bits per heavy atom. The summed E-state index contributed by atoms with van der Waals surface area (Å²) in [6.07, 6.45) is 2.89. The van der Waals surface area contributed by atoms with Crippen LogP contribution in [0.1, 0.15) is 15.9 Å². The molecule has 0 aliphatic carbocycles. The Kier molecular flexibility index (Phi) is 3.77. The largest absolute Gasteiger partial charge is 0.322 e. The molecule has 0 saturated carbocycles. The van der Waals surface area contributed by atoms with Crippen LogP contribution >= 0.6 is 15.9 Å². The number of aryl methyl sites for hydroxylation is 1. The molecular weight excluding hydrogens is 346 g/mol. The van der Waals surface area contributed by atoms with Crippen LogP contribution in [0.5, 0.6) is 0 Å². The molecule has 0 bridgehead atoms. The molecule has 2 aromatic heterocycles. The Morgan fingerprint density at radius 2 is 2.09 bits per heavy atom. The van der Waals surface area contributed by atoms with E-state index in [0.29, 0.717) is 11.3 Å². The first-order valence-electron chi connectivity index (χ1n) is 6.60. The maximum atomic E-state index is 12.3. The van der Waals surface area contributed by atoms with Crippen LogP contribution < -0.4 is 10.9 Å². The summed E-state index contributed by atoms with van der Waals surface area (Å²) < 4.78 is 2.31. The normalized spacial score (nSPS) is 10.6. The molecule has 0 aliphatic heterocycles. The zero-order valence-corrected chi connectivity index (χ0v) is 13.3. The first-order chi connectivity index (χ1) is 10.6. The summed E-state index contributed by atoms with van der Waals surface area (Å²) in [5.41, 5.74) is 1.74. The zero-order valence-electron chi connectivity index (χ0n) is 11.7. The van der Waals surface area contributed by atoms with Crippen LogP contribution in [0.4, 0.5) is 5.69 Å². The Hall–Kier alpha value is -2.47. The number of fused-ring (bicyclic) bond motifs is 1. The minimum atomic E-state index is -0.475. The van der Waals surface area contributed by atoms with Gasteiger partial charge in [-0.2, -0.15) is 0 Å². The average Bonchev–Trinajstić information content (AvgIpc) is 2.51. The van der Waals surface area contributed by atoms with Crippen molar-refractivity contribution in [2.45, 2.75) is 6.92 Å². The number of benzene rings is 1. The van der Waals surface area contributed by atoms with Gasteiger partial charge in [-0.1, -0.05) is 22.0 Å². The van der Waals surface area contributed by atoms with Crippen LogP contribution in [-0.2, 0) is 0 Å². The lowest BCUT2D eigenvalue weighted by Crippen LogP contribution is -2.26. The third kappa shape index (κ3) is 2.65. The standard InChI is InChI=1S/C16H12BrN3O2/c1-10-8-11(5-6-13(10)17)19-15(21)12-9-18-14-4-2-3-7-20(14)16(12)22/h2-9H,1H3,(H,19,21). The van der Waals surface area contributed by atoms with Crippen molar-refractivity contribution in [3.8, 4) is 0 Å². The third-order valence-electron chi connectivity index (χ3n) is 3.27. The first-order valence-corrected chi connectivity index (χ1v) is 7.39. The number of pyridine rings is 1. The number of nitrogens with zero attached hydrogens (tertiary/aromatic N) is 2. The number of carbonyl (C=O) groups is 1. The molecule has 6 heteroatoms. The van der Waals surface area contributed by atoms with E-state index in [0.717, 1.165) is 10.0 Å². The van der Waals surface area contributed by atoms with Gasteiger partial charge < -0.3 is 5.32 Å². The summed E-state index contributed by atoms with van der Waals surface area (Å²) in [6.45, 7) is 1.92. The van der Waals surface area contributed by atoms with E-state index in [1.165, 1.54) is 10.6 Å². The average molecular weight is 358 g/mol. The summed E-state index contributed by atoms with van der Waals surface area (Å²) in [7, 11) is 0. The minimum absolute atomic E-state index is 0.00396. The van der Waals surface area contributed by atoms with Crippen LogP contribution in [0.2, 0.25) is 0 Å². The number of hydrogen-bond donors (Lipinski definition) is 1. The zero-order chi connectivity index (χ0) is 15.7. The molecule has 0 aliphatic rings. The van der Waals surface area contributed by atoms with Gasteiger partial charge in [0.05, 0.1) is 0 Å². The topological polar surface area (TPSA) is 63.5 Å². The van der Waals surface area contributed by atoms with Crippen molar-refractivity contribution in [1.29, 1.82) is 0 Å². The van der Waals surface area contributed by atoms with Gasteiger partial charge in [0.1, 0.15) is 11.2 Å². The van der Waals surface area contributed by atoms with Gasteiger partial charge in [0, 0.05) is 22.6 Å². The van der Waals surface area contributed by atoms with E-state index >= 15 is 0 Å². The molecule has 5 nitrogen and oxygen atoms in total. The van der Waals surface area contributed by atoms with Crippen LogP contribution in [0.25, 0.3) is 5.65 Å². The smallest absolute Gasteiger partial charge is 0.270 e. The van der Waals surface area contributed by atoms with Gasteiger partial charge in [-0.25, -0.2) is 4.98 Å². The first kappa shape index (κ1) is 14.5. The number of carbonyl (C=O) groups excluding carboxylic acids is 1. The highest BCUT2D eigenvalue weighted by molar-refractivity contribution is 9.10. The van der Waals surface area contributed by atoms with Crippen LogP contribution in [0.15, 0.2) is 58.1 Å². The van der Waals surface area contributed by atoms with Gasteiger partial charge in [0.25, 0.3) is 11.5 Å². The van der Waals surface area contributed by atoms with E-state index in [-0.39, 0.29) is 5.56 Å². The molecule has 0 fully saturated rings. The molecule has 22 heavy (non-hydrogen) atoms. The van der Waals surface area contributed by atoms with Crippen LogP contribution in [-0.4, -0.2) is 15.3 Å². The van der Waals surface area contributed by atoms with E-state index in [9.17, 15) is 9.59 Å². The Balaban J connectivity index is 1.97. The molecular formula is C16H12BrN3O2. The van der Waals surface area contributed by atoms with Gasteiger partial charge in [-0.05, 0) is 42.8 Å². The van der Waals surface area contributed by atoms with Gasteiger partial charge in [-0.15, -0.1) is 0 Å². The van der Waals surface area contributed by atoms with Crippen molar-refractivity contribution in [2.75, 3.05) is 5.32 Å². The fourth-order valence-corrected chi connectivity index (χ4v) is 2.35. The molecule has 1 N–H and O–H groups in total. The van der Waals surface area contributed by atoms with Crippen molar-refractivity contribution in [1.82, 2.24) is 9.38 Å². The van der Waals surface area contributed by atoms with Crippen molar-refractivity contribution in [3.05, 3.63) is 74.7 Å². The van der Waals surface area contributed by atoms with Gasteiger partial charge >= 0.3 is 0 Å². The lowest BCUT2D eigenvalue weighted by atomic mass is 10.2. The minimum Gasteiger partial charge on any atom is -0.322 e. The molecule has 0 radical (unpaired) electrons. The SMILES string of the molecule is Cc1cc(NC(=O)c2cnc3ccccn3c2=O)ccc1Br. The maximum absolute atomic E-state index is 12.3. The predicted molar refractivity (Wildman–Crippen MR) is 88.3 cm³/mol. The molecule has 0 unspecified atom stereocenters. The highest BCUT2D eigenvalue weighted by Gasteiger charge is 2.13. The molecule has 0 spiro atoms. The van der Waals surface area contributed by atoms with Gasteiger partial charge in [-0.3, -0.25) is 14.0 Å². The Morgan fingerprint density at radius 1 is 1.27 bits per heavy atom. The molecule has 1 amide bonds. The number of amides is 1. The second-order valence-corrected chi connectivity index (χ2v) is 5.68. The van der Waals surface area contributed by atoms with Gasteiger partial charge in [0.2, 0.25) is 0 Å². The van der Waals surface area contributed by atoms with Crippen LogP contribution in [0, 0.1) is 6.92 Å². The fourth-order valence-electron chi connectivity index (χ4n) is 2.10. The summed E-state index contributed by atoms with van der Waals surface area (Å²) in [6, 6.07) is 10.6. The molecule has 0 atom stereocenters. The monoisotopic (exact) mass is 357 g/mol. The molecule has 110 valence electrons. The van der Waals surface area contributed by atoms with Gasteiger partial charge in [0.15, 0.2) is 0 Å². The summed E-state index contributed by atoms with van der Waals surface area (Å²) in [5, 5.41) is 2.72. The lowest BCUT2D eigenvalue weighted by Gasteiger charge is -2.07. The van der Waals surface area contributed by atoms with E-state index < -0.39 is 11.5 Å². The maximum Gasteiger partial charge on any atom is 0.270 e. The van der Waals surface area contributed by atoms with E-state index in [2.05, 4.69) is 26.2 Å². The third-order valence-corrected chi connectivity index (χ3v) is 4.16. The van der Waals surface area contributed by atoms with Crippen molar-refractivity contribution < 1.29 is 4.79 Å². The lowest BCUT2D eigenvalue weighted by molar-refractivity contribution is 0.102. The fraction of sp³-hybridized carbons (Fsp3) is 0.0625. The molecule has 3 aromatic rings. The number of aromatic nitrogens is 2. The number of nitrogens with one attached hydrogen (secondary N) is 1.